The third kappa shape index (κ3) is 3.84. The van der Waals surface area contributed by atoms with Gasteiger partial charge in [-0.3, -0.25) is 9.59 Å². The average Bonchev–Trinajstić information content (AvgIpc) is 2.72. The predicted molar refractivity (Wildman–Crippen MR) is 120 cm³/mol. The largest absolute Gasteiger partial charge is 0.294 e. The van der Waals surface area contributed by atoms with E-state index in [4.69, 9.17) is 0 Å². The van der Waals surface area contributed by atoms with Gasteiger partial charge in [0, 0.05) is 11.1 Å². The molecule has 2 nitrogen and oxygen atoms in total. The van der Waals surface area contributed by atoms with Crippen LogP contribution in [0.1, 0.15) is 53.5 Å². The minimum atomic E-state index is -0.148. The maximum absolute atomic E-state index is 12.8. The van der Waals surface area contributed by atoms with Crippen LogP contribution in [0.4, 0.5) is 0 Å². The molecular weight excluding hydrogens is 356 g/mol. The summed E-state index contributed by atoms with van der Waals surface area (Å²) in [5, 5.41) is 4.38. The number of fused-ring (bicyclic) bond motifs is 3. The Hall–Kier alpha value is -3.26. The van der Waals surface area contributed by atoms with Crippen LogP contribution in [-0.4, -0.2) is 11.6 Å². The van der Waals surface area contributed by atoms with Crippen molar-refractivity contribution >= 4 is 33.1 Å². The van der Waals surface area contributed by atoms with Crippen LogP contribution in [0.15, 0.2) is 78.9 Å². The first kappa shape index (κ1) is 19.1. The summed E-state index contributed by atoms with van der Waals surface area (Å²) in [5.41, 5.74) is 2.36. The topological polar surface area (TPSA) is 34.1 Å². The molecule has 2 heteroatoms. The van der Waals surface area contributed by atoms with Crippen LogP contribution < -0.4 is 0 Å². The number of Topliss-reactive ketones (excluding diaryl/α,β-unsaturated/α-hetero) is 2. The molecule has 4 aromatic rings. The molecule has 0 aliphatic heterocycles. The zero-order valence-corrected chi connectivity index (χ0v) is 17.0. The van der Waals surface area contributed by atoms with Crippen molar-refractivity contribution in [3.05, 3.63) is 95.6 Å². The van der Waals surface area contributed by atoms with E-state index in [0.717, 1.165) is 21.5 Å². The molecule has 0 saturated carbocycles. The molecule has 0 amide bonds. The maximum atomic E-state index is 12.8. The number of ketones is 2. The lowest BCUT2D eigenvalue weighted by atomic mass is 9.86. The van der Waals surface area contributed by atoms with E-state index in [2.05, 4.69) is 45.0 Å². The zero-order chi connectivity index (χ0) is 20.6. The molecule has 0 aliphatic carbocycles. The van der Waals surface area contributed by atoms with Gasteiger partial charge in [0.15, 0.2) is 11.6 Å². The van der Waals surface area contributed by atoms with Crippen molar-refractivity contribution in [1.29, 1.82) is 0 Å². The molecule has 0 saturated heterocycles. The summed E-state index contributed by atoms with van der Waals surface area (Å²) >= 11 is 0. The van der Waals surface area contributed by atoms with Crippen LogP contribution in [0, 0.1) is 0 Å². The van der Waals surface area contributed by atoms with Crippen molar-refractivity contribution in [3.63, 3.8) is 0 Å². The third-order valence-corrected chi connectivity index (χ3v) is 5.46. The Morgan fingerprint density at radius 2 is 1.21 bits per heavy atom. The lowest BCUT2D eigenvalue weighted by molar-refractivity contribution is 0.0894. The standard InChI is InChI=1S/C27H24O2/c1-27(2,3)22-14-12-20(13-15-22)25(28)17-26(29)21-11-10-19-9-8-18-6-4-5-7-23(18)24(19)16-21/h4-16H,17H2,1-3H3. The van der Waals surface area contributed by atoms with Crippen molar-refractivity contribution in [2.24, 2.45) is 0 Å². The molecule has 4 aromatic carbocycles. The van der Waals surface area contributed by atoms with Gasteiger partial charge in [0.2, 0.25) is 0 Å². The Balaban J connectivity index is 1.60. The smallest absolute Gasteiger partial charge is 0.170 e. The molecule has 0 aliphatic rings. The number of carbonyl (C=O) groups is 2. The van der Waals surface area contributed by atoms with E-state index >= 15 is 0 Å². The summed E-state index contributed by atoms with van der Waals surface area (Å²) in [6.07, 6.45) is -0.120. The molecule has 29 heavy (non-hydrogen) atoms. The van der Waals surface area contributed by atoms with E-state index in [1.807, 2.05) is 54.6 Å². The molecule has 0 spiro atoms. The molecule has 0 unspecified atom stereocenters. The monoisotopic (exact) mass is 380 g/mol. The molecule has 0 heterocycles. The number of rotatable bonds is 4. The summed E-state index contributed by atoms with van der Waals surface area (Å²) in [6.45, 7) is 6.41. The highest BCUT2D eigenvalue weighted by atomic mass is 16.1. The van der Waals surface area contributed by atoms with E-state index in [0.29, 0.717) is 11.1 Å². The number of carbonyl (C=O) groups excluding carboxylic acids is 2. The maximum Gasteiger partial charge on any atom is 0.170 e. The van der Waals surface area contributed by atoms with Crippen molar-refractivity contribution in [1.82, 2.24) is 0 Å². The minimum absolute atomic E-state index is 0.0330. The quantitative estimate of drug-likeness (QED) is 0.223. The van der Waals surface area contributed by atoms with Crippen LogP contribution >= 0.6 is 0 Å². The summed E-state index contributed by atoms with van der Waals surface area (Å²) in [5.74, 6) is -0.293. The van der Waals surface area contributed by atoms with Crippen molar-refractivity contribution in [2.45, 2.75) is 32.6 Å². The third-order valence-electron chi connectivity index (χ3n) is 5.46. The van der Waals surface area contributed by atoms with Gasteiger partial charge in [-0.05, 0) is 38.6 Å². The number of hydrogen-bond acceptors (Lipinski definition) is 2. The van der Waals surface area contributed by atoms with Crippen LogP contribution in [-0.2, 0) is 5.41 Å². The Kier molecular flexibility index (Phi) is 4.79. The van der Waals surface area contributed by atoms with Gasteiger partial charge >= 0.3 is 0 Å². The summed E-state index contributed by atoms with van der Waals surface area (Å²) < 4.78 is 0. The molecule has 0 atom stereocenters. The Labute approximate surface area is 171 Å². The molecule has 4 rings (SSSR count). The predicted octanol–water partition coefficient (Wildman–Crippen LogP) is 6.75. The molecule has 0 fully saturated rings. The van der Waals surface area contributed by atoms with E-state index in [1.165, 1.54) is 5.56 Å². The summed E-state index contributed by atoms with van der Waals surface area (Å²) in [4.78, 5) is 25.5. The van der Waals surface area contributed by atoms with Crippen LogP contribution in [0.5, 0.6) is 0 Å². The highest BCUT2D eigenvalue weighted by Crippen LogP contribution is 2.27. The van der Waals surface area contributed by atoms with Crippen LogP contribution in [0.2, 0.25) is 0 Å². The van der Waals surface area contributed by atoms with Crippen LogP contribution in [0.25, 0.3) is 21.5 Å². The van der Waals surface area contributed by atoms with Gasteiger partial charge in [0.25, 0.3) is 0 Å². The zero-order valence-electron chi connectivity index (χ0n) is 17.0. The fourth-order valence-electron chi connectivity index (χ4n) is 3.68. The Bertz CT molecular complexity index is 1230. The van der Waals surface area contributed by atoms with Crippen molar-refractivity contribution < 1.29 is 9.59 Å². The molecule has 0 N–H and O–H groups in total. The molecule has 0 aromatic heterocycles. The first-order chi connectivity index (χ1) is 13.8. The Morgan fingerprint density at radius 3 is 1.90 bits per heavy atom. The van der Waals surface area contributed by atoms with Crippen molar-refractivity contribution in [3.8, 4) is 0 Å². The van der Waals surface area contributed by atoms with Gasteiger partial charge < -0.3 is 0 Å². The minimum Gasteiger partial charge on any atom is -0.294 e. The first-order valence-electron chi connectivity index (χ1n) is 9.91. The SMILES string of the molecule is CC(C)(C)c1ccc(C(=O)CC(=O)c2ccc3ccc4ccccc4c3c2)cc1. The summed E-state index contributed by atoms with van der Waals surface area (Å²) in [7, 11) is 0. The van der Waals surface area contributed by atoms with E-state index in [9.17, 15) is 9.59 Å². The van der Waals surface area contributed by atoms with Gasteiger partial charge in [-0.25, -0.2) is 0 Å². The number of benzene rings is 4. The Morgan fingerprint density at radius 1 is 0.655 bits per heavy atom. The van der Waals surface area contributed by atoms with Crippen LogP contribution in [0.3, 0.4) is 0 Å². The second kappa shape index (κ2) is 7.29. The van der Waals surface area contributed by atoms with E-state index in [1.54, 1.807) is 0 Å². The van der Waals surface area contributed by atoms with Crippen molar-refractivity contribution in [2.75, 3.05) is 0 Å². The first-order valence-corrected chi connectivity index (χ1v) is 9.91. The van der Waals surface area contributed by atoms with Gasteiger partial charge in [-0.1, -0.05) is 93.6 Å². The summed E-state index contributed by atoms with van der Waals surface area (Å²) in [6, 6.07) is 25.6. The lowest BCUT2D eigenvalue weighted by Gasteiger charge is -2.18. The number of hydrogen-bond donors (Lipinski definition) is 0. The lowest BCUT2D eigenvalue weighted by Crippen LogP contribution is -2.12. The molecule has 144 valence electrons. The van der Waals surface area contributed by atoms with E-state index in [-0.39, 0.29) is 23.4 Å². The molecule has 0 radical (unpaired) electrons. The highest BCUT2D eigenvalue weighted by molar-refractivity contribution is 6.16. The molecular formula is C27H24O2. The second-order valence-electron chi connectivity index (χ2n) is 8.57. The average molecular weight is 380 g/mol. The van der Waals surface area contributed by atoms with Gasteiger partial charge in [0.05, 0.1) is 6.42 Å². The highest BCUT2D eigenvalue weighted by Gasteiger charge is 2.17. The fraction of sp³-hybridized carbons (Fsp3) is 0.185. The van der Waals surface area contributed by atoms with Gasteiger partial charge in [0.1, 0.15) is 0 Å². The normalized spacial score (nSPS) is 11.7. The molecule has 0 bridgehead atoms. The van der Waals surface area contributed by atoms with Gasteiger partial charge in [-0.15, -0.1) is 0 Å². The fourth-order valence-corrected chi connectivity index (χ4v) is 3.68. The van der Waals surface area contributed by atoms with Gasteiger partial charge in [-0.2, -0.15) is 0 Å². The second-order valence-corrected chi connectivity index (χ2v) is 8.57. The van der Waals surface area contributed by atoms with E-state index < -0.39 is 0 Å².